The second-order valence-electron chi connectivity index (χ2n) is 8.04. The van der Waals surface area contributed by atoms with Gasteiger partial charge in [-0.15, -0.1) is 0 Å². The average molecular weight is 368 g/mol. The van der Waals surface area contributed by atoms with Gasteiger partial charge in [0, 0.05) is 49.9 Å². The third-order valence-electron chi connectivity index (χ3n) is 6.04. The molecule has 1 N–H and O–H groups in total. The van der Waals surface area contributed by atoms with Crippen LogP contribution in [-0.4, -0.2) is 65.4 Å². The Balaban J connectivity index is 1.31. The number of likely N-dealkylation sites (tertiary alicyclic amines) is 1. The van der Waals surface area contributed by atoms with Crippen molar-refractivity contribution in [2.75, 3.05) is 32.7 Å². The zero-order valence-electron chi connectivity index (χ0n) is 15.3. The lowest BCUT2D eigenvalue weighted by Crippen LogP contribution is -2.47. The molecule has 0 saturated carbocycles. The maximum absolute atomic E-state index is 12.6. The Bertz CT molecular complexity index is 874. The van der Waals surface area contributed by atoms with Crippen LogP contribution < -0.4 is 5.32 Å². The molecule has 0 spiro atoms. The number of piperidine rings is 1. The summed E-state index contributed by atoms with van der Waals surface area (Å²) in [7, 11) is 0. The summed E-state index contributed by atoms with van der Waals surface area (Å²) in [4.78, 5) is 33.6. The number of amides is 2. The number of fused-ring (bicyclic) bond motifs is 3. The van der Waals surface area contributed by atoms with E-state index in [-0.39, 0.29) is 17.9 Å². The van der Waals surface area contributed by atoms with Gasteiger partial charge in [-0.3, -0.25) is 14.6 Å². The summed E-state index contributed by atoms with van der Waals surface area (Å²) < 4.78 is 5.75. The maximum Gasteiger partial charge on any atom is 0.289 e. The molecule has 2 bridgehead atoms. The Morgan fingerprint density at radius 3 is 2.81 bits per heavy atom. The molecule has 0 radical (unpaired) electrons. The van der Waals surface area contributed by atoms with Crippen LogP contribution in [-0.2, 0) is 0 Å². The zero-order chi connectivity index (χ0) is 18.4. The van der Waals surface area contributed by atoms with E-state index < -0.39 is 0 Å². The van der Waals surface area contributed by atoms with Crippen LogP contribution in [0.25, 0.3) is 11.0 Å². The molecule has 3 aliphatic heterocycles. The van der Waals surface area contributed by atoms with Crippen molar-refractivity contribution in [1.29, 1.82) is 0 Å². The van der Waals surface area contributed by atoms with Crippen molar-refractivity contribution in [3.63, 3.8) is 0 Å². The lowest BCUT2D eigenvalue weighted by molar-refractivity contribution is 0.0763. The first kappa shape index (κ1) is 16.7. The van der Waals surface area contributed by atoms with E-state index in [1.54, 1.807) is 18.3 Å². The minimum atomic E-state index is -0.173. The number of carbonyl (C=O) groups is 2. The van der Waals surface area contributed by atoms with Gasteiger partial charge < -0.3 is 19.5 Å². The summed E-state index contributed by atoms with van der Waals surface area (Å²) in [6.45, 7) is 4.78. The lowest BCUT2D eigenvalue weighted by atomic mass is 9.97. The van der Waals surface area contributed by atoms with Gasteiger partial charge in [0.15, 0.2) is 5.76 Å². The Labute approximate surface area is 157 Å². The molecule has 3 unspecified atom stereocenters. The molecule has 142 valence electrons. The van der Waals surface area contributed by atoms with Gasteiger partial charge in [-0.1, -0.05) is 0 Å². The first-order valence-electron chi connectivity index (χ1n) is 9.88. The van der Waals surface area contributed by atoms with Gasteiger partial charge in [-0.2, -0.15) is 0 Å². The largest absolute Gasteiger partial charge is 0.451 e. The molecule has 3 fully saturated rings. The number of furan rings is 1. The Morgan fingerprint density at radius 1 is 1.15 bits per heavy atom. The molecular weight excluding hydrogens is 344 g/mol. The molecule has 0 aromatic carbocycles. The molecule has 27 heavy (non-hydrogen) atoms. The minimum Gasteiger partial charge on any atom is -0.451 e. The summed E-state index contributed by atoms with van der Waals surface area (Å²) in [6.07, 6.45) is 5.97. The number of hydrogen-bond donors (Lipinski definition) is 1. The van der Waals surface area contributed by atoms with E-state index >= 15 is 0 Å². The van der Waals surface area contributed by atoms with E-state index in [1.165, 1.54) is 6.42 Å². The van der Waals surface area contributed by atoms with Crippen molar-refractivity contribution in [2.45, 2.75) is 31.7 Å². The highest BCUT2D eigenvalue weighted by Crippen LogP contribution is 2.27. The summed E-state index contributed by atoms with van der Waals surface area (Å²) in [5.41, 5.74) is 0.870. The van der Waals surface area contributed by atoms with E-state index in [2.05, 4.69) is 15.2 Å². The molecule has 0 aliphatic carbocycles. The molecule has 3 aliphatic rings. The molecular formula is C20H24N4O3. The van der Waals surface area contributed by atoms with Gasteiger partial charge >= 0.3 is 0 Å². The van der Waals surface area contributed by atoms with Crippen LogP contribution in [0.15, 0.2) is 22.7 Å². The van der Waals surface area contributed by atoms with Gasteiger partial charge in [0.05, 0.1) is 0 Å². The van der Waals surface area contributed by atoms with Crippen molar-refractivity contribution >= 4 is 22.8 Å². The number of aromatic nitrogens is 1. The van der Waals surface area contributed by atoms with E-state index in [0.717, 1.165) is 57.4 Å². The number of pyridine rings is 1. The molecule has 2 aromatic heterocycles. The van der Waals surface area contributed by atoms with Crippen LogP contribution in [0, 0.1) is 5.92 Å². The molecule has 3 atom stereocenters. The minimum absolute atomic E-state index is 0.0820. The second-order valence-corrected chi connectivity index (χ2v) is 8.04. The van der Waals surface area contributed by atoms with Crippen LogP contribution >= 0.6 is 0 Å². The highest BCUT2D eigenvalue weighted by atomic mass is 16.3. The molecule has 2 amide bonds. The number of carbonyl (C=O) groups excluding carboxylic acids is 2. The van der Waals surface area contributed by atoms with Crippen LogP contribution in [0.1, 0.15) is 46.7 Å². The second kappa shape index (κ2) is 6.64. The van der Waals surface area contributed by atoms with Crippen LogP contribution in [0.4, 0.5) is 0 Å². The summed E-state index contributed by atoms with van der Waals surface area (Å²) in [6, 6.07) is 3.54. The fourth-order valence-corrected chi connectivity index (χ4v) is 4.66. The van der Waals surface area contributed by atoms with Crippen molar-refractivity contribution in [2.24, 2.45) is 5.92 Å². The summed E-state index contributed by atoms with van der Waals surface area (Å²) in [5, 5.41) is 3.86. The third-order valence-corrected chi connectivity index (χ3v) is 6.04. The van der Waals surface area contributed by atoms with E-state index in [9.17, 15) is 9.59 Å². The van der Waals surface area contributed by atoms with Gasteiger partial charge in [0.2, 0.25) is 0 Å². The number of rotatable bonds is 3. The quantitative estimate of drug-likeness (QED) is 0.895. The average Bonchev–Trinajstić information content (AvgIpc) is 3.40. The van der Waals surface area contributed by atoms with Crippen molar-refractivity contribution in [1.82, 2.24) is 20.1 Å². The first-order valence-corrected chi connectivity index (χ1v) is 9.88. The lowest BCUT2D eigenvalue weighted by Gasteiger charge is -2.30. The predicted molar refractivity (Wildman–Crippen MR) is 99.6 cm³/mol. The number of nitrogens with zero attached hydrogens (tertiary/aromatic N) is 3. The van der Waals surface area contributed by atoms with E-state index in [4.69, 9.17) is 4.42 Å². The fraction of sp³-hybridized carbons (Fsp3) is 0.550. The van der Waals surface area contributed by atoms with Crippen molar-refractivity contribution in [3.8, 4) is 0 Å². The molecule has 5 heterocycles. The molecule has 5 rings (SSSR count). The van der Waals surface area contributed by atoms with Gasteiger partial charge in [-0.25, -0.2) is 0 Å². The van der Waals surface area contributed by atoms with E-state index in [1.807, 2.05) is 4.90 Å². The Morgan fingerprint density at radius 2 is 2.00 bits per heavy atom. The predicted octanol–water partition coefficient (Wildman–Crippen LogP) is 1.89. The van der Waals surface area contributed by atoms with E-state index in [0.29, 0.717) is 23.0 Å². The Kier molecular flexibility index (Phi) is 4.11. The molecule has 7 heteroatoms. The molecule has 2 aromatic rings. The smallest absolute Gasteiger partial charge is 0.289 e. The monoisotopic (exact) mass is 368 g/mol. The highest BCUT2D eigenvalue weighted by molar-refractivity contribution is 5.98. The zero-order valence-corrected chi connectivity index (χ0v) is 15.3. The fourth-order valence-electron chi connectivity index (χ4n) is 4.66. The normalized spacial score (nSPS) is 27.3. The topological polar surface area (TPSA) is 78.7 Å². The molecule has 3 saturated heterocycles. The standard InChI is InChI=1S/C20H24N4O3/c25-19(22-15-7-13-3-6-23(11-13)12-15)16-9-17-14(10-21-16)8-18(27-17)20(26)24-4-1-2-5-24/h8-10,13,15H,1-7,11-12H2,(H,22,25). The Hall–Kier alpha value is -2.41. The van der Waals surface area contributed by atoms with Gasteiger partial charge in [-0.05, 0) is 44.2 Å². The summed E-state index contributed by atoms with van der Waals surface area (Å²) in [5.74, 6) is 0.765. The number of nitrogens with one attached hydrogen (secondary N) is 1. The number of hydrogen-bond acceptors (Lipinski definition) is 5. The maximum atomic E-state index is 12.6. The van der Waals surface area contributed by atoms with Crippen molar-refractivity contribution < 1.29 is 14.0 Å². The highest BCUT2D eigenvalue weighted by Gasteiger charge is 2.33. The first-order chi connectivity index (χ1) is 13.2. The van der Waals surface area contributed by atoms with Crippen LogP contribution in [0.2, 0.25) is 0 Å². The molecule has 7 nitrogen and oxygen atoms in total. The van der Waals surface area contributed by atoms with Crippen molar-refractivity contribution in [3.05, 3.63) is 29.8 Å². The van der Waals surface area contributed by atoms with Crippen LogP contribution in [0.3, 0.4) is 0 Å². The third kappa shape index (κ3) is 3.20. The van der Waals surface area contributed by atoms with Gasteiger partial charge in [0.25, 0.3) is 11.8 Å². The summed E-state index contributed by atoms with van der Waals surface area (Å²) >= 11 is 0. The van der Waals surface area contributed by atoms with Gasteiger partial charge in [0.1, 0.15) is 11.3 Å². The van der Waals surface area contributed by atoms with Crippen LogP contribution in [0.5, 0.6) is 0 Å². The SMILES string of the molecule is O=C(NC1CC2CCN(C2)C1)c1cc2oc(C(=O)N3CCCC3)cc2cn1.